The number of nitrogens with one attached hydrogen (secondary N) is 3. The minimum absolute atomic E-state index is 0.0284. The van der Waals surface area contributed by atoms with Crippen molar-refractivity contribution < 1.29 is 14.3 Å². The number of carbonyl (C=O) groups excluding carboxylic acids is 1. The van der Waals surface area contributed by atoms with Crippen LogP contribution < -0.4 is 16.0 Å². The molecule has 0 saturated heterocycles. The van der Waals surface area contributed by atoms with Gasteiger partial charge in [0.2, 0.25) is 5.91 Å². The molecule has 3 atom stereocenters. The van der Waals surface area contributed by atoms with E-state index in [1.807, 2.05) is 20.8 Å². The van der Waals surface area contributed by atoms with Gasteiger partial charge in [-0.2, -0.15) is 0 Å². The highest BCUT2D eigenvalue weighted by Crippen LogP contribution is 2.41. The Morgan fingerprint density at radius 3 is 2.81 bits per heavy atom. The summed E-state index contributed by atoms with van der Waals surface area (Å²) in [6.45, 7) is 7.20. The Morgan fingerprint density at radius 2 is 2.10 bits per heavy atom. The van der Waals surface area contributed by atoms with Crippen LogP contribution in [0.4, 0.5) is 10.2 Å². The Kier molecular flexibility index (Phi) is 7.80. The van der Waals surface area contributed by atoms with Crippen LogP contribution in [0.25, 0.3) is 0 Å². The Balaban J connectivity index is 1.60. The van der Waals surface area contributed by atoms with Gasteiger partial charge in [-0.25, -0.2) is 14.4 Å². The molecule has 1 unspecified atom stereocenters. The zero-order valence-electron chi connectivity index (χ0n) is 18.0. The van der Waals surface area contributed by atoms with E-state index in [9.17, 15) is 14.3 Å². The summed E-state index contributed by atoms with van der Waals surface area (Å²) in [7, 11) is 0. The van der Waals surface area contributed by atoms with Crippen LogP contribution in [0.3, 0.4) is 0 Å². The van der Waals surface area contributed by atoms with Crippen molar-refractivity contribution in [2.24, 2.45) is 0 Å². The SMILES string of the molecule is CC(C)NC[C@@H](C(=O)NCCNc1ncnc2c1[C@H](C)CC2O)c1ccc(Cl)c(F)c1. The monoisotopic (exact) mass is 449 g/mol. The van der Waals surface area contributed by atoms with Crippen LogP contribution in [-0.2, 0) is 4.79 Å². The van der Waals surface area contributed by atoms with Crippen molar-refractivity contribution in [2.45, 2.75) is 51.2 Å². The first-order valence-electron chi connectivity index (χ1n) is 10.5. The number of fused-ring (bicyclic) bond motifs is 1. The molecule has 0 radical (unpaired) electrons. The van der Waals surface area contributed by atoms with E-state index in [1.165, 1.54) is 18.5 Å². The minimum Gasteiger partial charge on any atom is -0.387 e. The summed E-state index contributed by atoms with van der Waals surface area (Å²) in [5.74, 6) is -0.450. The molecule has 4 N–H and O–H groups in total. The number of aromatic nitrogens is 2. The first-order valence-corrected chi connectivity index (χ1v) is 10.9. The summed E-state index contributed by atoms with van der Waals surface area (Å²) >= 11 is 5.79. The number of rotatable bonds is 9. The topological polar surface area (TPSA) is 99.2 Å². The standard InChI is InChI=1S/C22H29ClFN5O2/c1-12(2)27-10-15(14-4-5-16(23)17(24)9-14)22(31)26-7-6-25-21-19-13(3)8-18(30)20(19)28-11-29-21/h4-5,9,11-13,15,18,27,30H,6-8,10H2,1-3H3,(H,26,31)(H,25,28,29)/t13-,15-,18?/m1/s1. The number of carbonyl (C=O) groups is 1. The Morgan fingerprint density at radius 1 is 1.32 bits per heavy atom. The van der Waals surface area contributed by atoms with Crippen molar-refractivity contribution in [1.29, 1.82) is 0 Å². The average molecular weight is 450 g/mol. The molecule has 3 rings (SSSR count). The van der Waals surface area contributed by atoms with Gasteiger partial charge in [0.25, 0.3) is 0 Å². The van der Waals surface area contributed by atoms with Crippen LogP contribution in [0, 0.1) is 5.82 Å². The number of amides is 1. The second-order valence-electron chi connectivity index (χ2n) is 8.18. The lowest BCUT2D eigenvalue weighted by atomic mass is 9.97. The van der Waals surface area contributed by atoms with Crippen LogP contribution in [0.15, 0.2) is 24.5 Å². The van der Waals surface area contributed by atoms with E-state index in [1.54, 1.807) is 6.07 Å². The predicted molar refractivity (Wildman–Crippen MR) is 119 cm³/mol. The zero-order valence-corrected chi connectivity index (χ0v) is 18.7. The van der Waals surface area contributed by atoms with Crippen molar-refractivity contribution in [1.82, 2.24) is 20.6 Å². The molecule has 31 heavy (non-hydrogen) atoms. The molecule has 0 aliphatic heterocycles. The molecule has 1 aromatic carbocycles. The van der Waals surface area contributed by atoms with E-state index in [0.717, 1.165) is 5.56 Å². The van der Waals surface area contributed by atoms with E-state index in [2.05, 4.69) is 25.9 Å². The number of nitrogens with zero attached hydrogens (tertiary/aromatic N) is 2. The smallest absolute Gasteiger partial charge is 0.228 e. The number of hydrogen-bond acceptors (Lipinski definition) is 6. The normalized spacial score (nSPS) is 18.7. The number of benzene rings is 1. The molecule has 0 bridgehead atoms. The Bertz CT molecular complexity index is 927. The largest absolute Gasteiger partial charge is 0.387 e. The summed E-state index contributed by atoms with van der Waals surface area (Å²) in [5, 5.41) is 19.5. The summed E-state index contributed by atoms with van der Waals surface area (Å²) in [5.41, 5.74) is 2.16. The van der Waals surface area contributed by atoms with Gasteiger partial charge in [0.05, 0.1) is 22.7 Å². The van der Waals surface area contributed by atoms with E-state index in [4.69, 9.17) is 11.6 Å². The Hall–Kier alpha value is -2.29. The maximum Gasteiger partial charge on any atom is 0.228 e. The van der Waals surface area contributed by atoms with Gasteiger partial charge < -0.3 is 21.1 Å². The first kappa shape index (κ1) is 23.4. The molecule has 0 spiro atoms. The second-order valence-corrected chi connectivity index (χ2v) is 8.59. The van der Waals surface area contributed by atoms with Crippen molar-refractivity contribution >= 4 is 23.3 Å². The molecule has 0 fully saturated rings. The number of aliphatic hydroxyl groups is 1. The van der Waals surface area contributed by atoms with Crippen LogP contribution in [0.2, 0.25) is 5.02 Å². The molecule has 2 aromatic rings. The molecule has 7 nitrogen and oxygen atoms in total. The van der Waals surface area contributed by atoms with Gasteiger partial charge in [-0.05, 0) is 30.0 Å². The zero-order chi connectivity index (χ0) is 22.5. The van der Waals surface area contributed by atoms with Crippen molar-refractivity contribution in [3.63, 3.8) is 0 Å². The fourth-order valence-electron chi connectivity index (χ4n) is 3.80. The molecule has 0 saturated carbocycles. The minimum atomic E-state index is -0.567. The molecule has 1 heterocycles. The third kappa shape index (κ3) is 5.70. The highest BCUT2D eigenvalue weighted by atomic mass is 35.5. The lowest BCUT2D eigenvalue weighted by Crippen LogP contribution is -2.39. The number of halogens is 2. The lowest BCUT2D eigenvalue weighted by Gasteiger charge is -2.20. The number of anilines is 1. The van der Waals surface area contributed by atoms with Gasteiger partial charge >= 0.3 is 0 Å². The summed E-state index contributed by atoms with van der Waals surface area (Å²) in [6.07, 6.45) is 1.49. The molecule has 1 aromatic heterocycles. The predicted octanol–water partition coefficient (Wildman–Crippen LogP) is 3.12. The van der Waals surface area contributed by atoms with Gasteiger partial charge in [-0.1, -0.05) is 38.4 Å². The molecule has 9 heteroatoms. The molecular formula is C22H29ClFN5O2. The van der Waals surface area contributed by atoms with E-state index in [-0.39, 0.29) is 22.9 Å². The third-order valence-electron chi connectivity index (χ3n) is 5.41. The van der Waals surface area contributed by atoms with E-state index >= 15 is 0 Å². The Labute approximate surface area is 186 Å². The average Bonchev–Trinajstić information content (AvgIpc) is 3.02. The van der Waals surface area contributed by atoms with Gasteiger partial charge in [-0.3, -0.25) is 4.79 Å². The fourth-order valence-corrected chi connectivity index (χ4v) is 3.92. The summed E-state index contributed by atoms with van der Waals surface area (Å²) < 4.78 is 13.9. The molecule has 1 aliphatic rings. The van der Waals surface area contributed by atoms with Crippen LogP contribution >= 0.6 is 11.6 Å². The molecule has 1 amide bonds. The maximum atomic E-state index is 13.9. The second kappa shape index (κ2) is 10.3. The van der Waals surface area contributed by atoms with Crippen molar-refractivity contribution in [2.75, 3.05) is 25.0 Å². The lowest BCUT2D eigenvalue weighted by molar-refractivity contribution is -0.122. The molecule has 168 valence electrons. The van der Waals surface area contributed by atoms with Crippen LogP contribution in [0.5, 0.6) is 0 Å². The number of aliphatic hydroxyl groups excluding tert-OH is 1. The summed E-state index contributed by atoms with van der Waals surface area (Å²) in [6, 6.07) is 4.64. The van der Waals surface area contributed by atoms with Gasteiger partial charge in [0, 0.05) is 31.2 Å². The molecule has 1 aliphatic carbocycles. The third-order valence-corrected chi connectivity index (χ3v) is 5.72. The molecular weight excluding hydrogens is 421 g/mol. The van der Waals surface area contributed by atoms with E-state index in [0.29, 0.717) is 43.1 Å². The van der Waals surface area contributed by atoms with Gasteiger partial charge in [0.1, 0.15) is 18.0 Å². The highest BCUT2D eigenvalue weighted by molar-refractivity contribution is 6.30. The fraction of sp³-hybridized carbons (Fsp3) is 0.500. The van der Waals surface area contributed by atoms with Crippen molar-refractivity contribution in [3.8, 4) is 0 Å². The quantitative estimate of drug-likeness (QED) is 0.439. The van der Waals surface area contributed by atoms with Crippen molar-refractivity contribution in [3.05, 3.63) is 52.2 Å². The summed E-state index contributed by atoms with van der Waals surface area (Å²) in [4.78, 5) is 21.3. The van der Waals surface area contributed by atoms with Crippen LogP contribution in [0.1, 0.15) is 62.0 Å². The van der Waals surface area contributed by atoms with Gasteiger partial charge in [0.15, 0.2) is 0 Å². The van der Waals surface area contributed by atoms with Gasteiger partial charge in [-0.15, -0.1) is 0 Å². The first-order chi connectivity index (χ1) is 14.8. The van der Waals surface area contributed by atoms with Crippen LogP contribution in [-0.4, -0.2) is 46.7 Å². The highest BCUT2D eigenvalue weighted by Gasteiger charge is 2.31. The van der Waals surface area contributed by atoms with E-state index < -0.39 is 17.8 Å². The maximum absolute atomic E-state index is 13.9. The number of hydrogen-bond donors (Lipinski definition) is 4.